The maximum Gasteiger partial charge on any atom is 0.251 e. The van der Waals surface area contributed by atoms with Gasteiger partial charge < -0.3 is 10.1 Å². The lowest BCUT2D eigenvalue weighted by molar-refractivity contribution is -0.00923. The number of hydrogen-bond donors (Lipinski definition) is 2. The molecule has 0 bridgehead atoms. The highest BCUT2D eigenvalue weighted by Gasteiger charge is 2.29. The Bertz CT molecular complexity index is 746. The SMILES string of the molecule is CC(C)(C)NS(=O)(=O)c1ccc(C(=O)NCC(C)(C)N2CCOCC2)cc1. The Balaban J connectivity index is 1.99. The molecule has 0 saturated carbocycles. The normalized spacial score (nSPS) is 16.9. The van der Waals surface area contributed by atoms with Crippen LogP contribution in [0.5, 0.6) is 0 Å². The number of morpholine rings is 1. The first-order valence-electron chi connectivity index (χ1n) is 9.16. The molecular formula is C19H31N3O4S. The molecule has 1 heterocycles. The second-order valence-corrected chi connectivity index (χ2v) is 10.2. The van der Waals surface area contributed by atoms with Crippen molar-refractivity contribution < 1.29 is 17.9 Å². The van der Waals surface area contributed by atoms with Crippen molar-refractivity contribution in [1.29, 1.82) is 0 Å². The first kappa shape index (κ1) is 21.8. The van der Waals surface area contributed by atoms with E-state index in [9.17, 15) is 13.2 Å². The van der Waals surface area contributed by atoms with Crippen LogP contribution in [-0.2, 0) is 14.8 Å². The van der Waals surface area contributed by atoms with Gasteiger partial charge in [-0.2, -0.15) is 0 Å². The van der Waals surface area contributed by atoms with Crippen LogP contribution in [0.2, 0.25) is 0 Å². The van der Waals surface area contributed by atoms with E-state index in [1.54, 1.807) is 20.8 Å². The summed E-state index contributed by atoms with van der Waals surface area (Å²) in [6, 6.07) is 5.98. The Morgan fingerprint density at radius 3 is 2.15 bits per heavy atom. The molecule has 1 aliphatic heterocycles. The first-order chi connectivity index (χ1) is 12.4. The van der Waals surface area contributed by atoms with Gasteiger partial charge in [0.15, 0.2) is 0 Å². The van der Waals surface area contributed by atoms with E-state index < -0.39 is 15.6 Å². The maximum atomic E-state index is 12.4. The van der Waals surface area contributed by atoms with Gasteiger partial charge in [0.05, 0.1) is 18.1 Å². The third kappa shape index (κ3) is 6.27. The summed E-state index contributed by atoms with van der Waals surface area (Å²) in [6.07, 6.45) is 0. The van der Waals surface area contributed by atoms with Gasteiger partial charge >= 0.3 is 0 Å². The third-order valence-corrected chi connectivity index (χ3v) is 6.19. The molecule has 2 rings (SSSR count). The van der Waals surface area contributed by atoms with Crippen LogP contribution in [0.15, 0.2) is 29.2 Å². The lowest BCUT2D eigenvalue weighted by Gasteiger charge is -2.40. The fraction of sp³-hybridized carbons (Fsp3) is 0.632. The van der Waals surface area contributed by atoms with Crippen molar-refractivity contribution >= 4 is 15.9 Å². The molecule has 1 aromatic rings. The van der Waals surface area contributed by atoms with Gasteiger partial charge in [0.25, 0.3) is 5.91 Å². The van der Waals surface area contributed by atoms with Crippen molar-refractivity contribution in [3.05, 3.63) is 29.8 Å². The van der Waals surface area contributed by atoms with Crippen molar-refractivity contribution in [1.82, 2.24) is 14.9 Å². The number of ether oxygens (including phenoxy) is 1. The molecule has 7 nitrogen and oxygen atoms in total. The quantitative estimate of drug-likeness (QED) is 0.761. The van der Waals surface area contributed by atoms with Gasteiger partial charge in [-0.25, -0.2) is 13.1 Å². The van der Waals surface area contributed by atoms with E-state index in [1.807, 2.05) is 0 Å². The van der Waals surface area contributed by atoms with E-state index in [-0.39, 0.29) is 16.3 Å². The standard InChI is InChI=1S/C19H31N3O4S/c1-18(2,3)21-27(24,25)16-8-6-15(7-9-16)17(23)20-14-19(4,5)22-10-12-26-13-11-22/h6-9,21H,10-14H2,1-5H3,(H,20,23). The summed E-state index contributed by atoms with van der Waals surface area (Å²) in [6.45, 7) is 13.1. The highest BCUT2D eigenvalue weighted by atomic mass is 32.2. The number of nitrogens with one attached hydrogen (secondary N) is 2. The van der Waals surface area contributed by atoms with Crippen LogP contribution in [0.1, 0.15) is 45.0 Å². The molecule has 1 aromatic carbocycles. The van der Waals surface area contributed by atoms with Gasteiger partial charge in [0.1, 0.15) is 0 Å². The number of sulfonamides is 1. The summed E-state index contributed by atoms with van der Waals surface area (Å²) in [5, 5.41) is 2.95. The number of rotatable bonds is 6. The van der Waals surface area contributed by atoms with Gasteiger partial charge in [-0.15, -0.1) is 0 Å². The van der Waals surface area contributed by atoms with Crippen LogP contribution in [0.25, 0.3) is 0 Å². The van der Waals surface area contributed by atoms with Crippen LogP contribution in [0, 0.1) is 0 Å². The number of nitrogens with zero attached hydrogens (tertiary/aromatic N) is 1. The minimum atomic E-state index is -3.61. The van der Waals surface area contributed by atoms with E-state index in [0.717, 1.165) is 13.1 Å². The highest BCUT2D eigenvalue weighted by molar-refractivity contribution is 7.89. The number of carbonyl (C=O) groups excluding carboxylic acids is 1. The molecule has 0 atom stereocenters. The zero-order valence-corrected chi connectivity index (χ0v) is 17.6. The minimum absolute atomic E-state index is 0.141. The second kappa shape index (κ2) is 8.26. The molecule has 2 N–H and O–H groups in total. The first-order valence-corrected chi connectivity index (χ1v) is 10.6. The molecular weight excluding hydrogens is 366 g/mol. The van der Waals surface area contributed by atoms with Crippen molar-refractivity contribution in [2.75, 3.05) is 32.8 Å². The Kier molecular flexibility index (Phi) is 6.68. The highest BCUT2D eigenvalue weighted by Crippen LogP contribution is 2.16. The van der Waals surface area contributed by atoms with E-state index in [2.05, 4.69) is 28.8 Å². The van der Waals surface area contributed by atoms with Crippen molar-refractivity contribution in [3.63, 3.8) is 0 Å². The predicted molar refractivity (Wildman–Crippen MR) is 105 cm³/mol. The molecule has 0 unspecified atom stereocenters. The van der Waals surface area contributed by atoms with Gasteiger partial charge in [-0.3, -0.25) is 9.69 Å². The summed E-state index contributed by atoms with van der Waals surface area (Å²) in [7, 11) is -3.61. The van der Waals surface area contributed by atoms with Crippen molar-refractivity contribution in [2.24, 2.45) is 0 Å². The van der Waals surface area contributed by atoms with Crippen LogP contribution in [0.4, 0.5) is 0 Å². The third-order valence-electron chi connectivity index (χ3n) is 4.42. The molecule has 8 heteroatoms. The Morgan fingerprint density at radius 2 is 1.63 bits per heavy atom. The van der Waals surface area contributed by atoms with Crippen LogP contribution < -0.4 is 10.0 Å². The molecule has 0 aliphatic carbocycles. The summed E-state index contributed by atoms with van der Waals surface area (Å²) < 4.78 is 32.6. The average Bonchev–Trinajstić information content (AvgIpc) is 2.58. The van der Waals surface area contributed by atoms with E-state index in [0.29, 0.717) is 25.3 Å². The predicted octanol–water partition coefficient (Wildman–Crippen LogP) is 1.60. The molecule has 1 amide bonds. The van der Waals surface area contributed by atoms with Gasteiger partial charge in [0, 0.05) is 36.3 Å². The topological polar surface area (TPSA) is 87.7 Å². The molecule has 0 radical (unpaired) electrons. The zero-order chi connectivity index (χ0) is 20.3. The molecule has 0 spiro atoms. The van der Waals surface area contributed by atoms with Gasteiger partial charge in [-0.1, -0.05) is 0 Å². The molecule has 152 valence electrons. The number of hydrogen-bond acceptors (Lipinski definition) is 5. The average molecular weight is 398 g/mol. The molecule has 27 heavy (non-hydrogen) atoms. The molecule has 1 saturated heterocycles. The summed E-state index contributed by atoms with van der Waals surface area (Å²) in [5.74, 6) is -0.218. The smallest absolute Gasteiger partial charge is 0.251 e. The van der Waals surface area contributed by atoms with Crippen LogP contribution in [0.3, 0.4) is 0 Å². The second-order valence-electron chi connectivity index (χ2n) is 8.47. The molecule has 1 aliphatic rings. The molecule has 0 aromatic heterocycles. The van der Waals surface area contributed by atoms with Crippen molar-refractivity contribution in [2.45, 2.75) is 50.6 Å². The Hall–Kier alpha value is -1.48. The van der Waals surface area contributed by atoms with Crippen molar-refractivity contribution in [3.8, 4) is 0 Å². The zero-order valence-electron chi connectivity index (χ0n) is 16.8. The summed E-state index contributed by atoms with van der Waals surface area (Å²) >= 11 is 0. The van der Waals surface area contributed by atoms with Gasteiger partial charge in [-0.05, 0) is 58.9 Å². The van der Waals surface area contributed by atoms with Crippen LogP contribution in [-0.4, -0.2) is 63.2 Å². The van der Waals surface area contributed by atoms with Crippen LogP contribution >= 0.6 is 0 Å². The van der Waals surface area contributed by atoms with Gasteiger partial charge in [0.2, 0.25) is 10.0 Å². The largest absolute Gasteiger partial charge is 0.379 e. The van der Waals surface area contributed by atoms with E-state index in [1.165, 1.54) is 24.3 Å². The Morgan fingerprint density at radius 1 is 1.07 bits per heavy atom. The molecule has 1 fully saturated rings. The fourth-order valence-electron chi connectivity index (χ4n) is 2.93. The maximum absolute atomic E-state index is 12.4. The number of benzene rings is 1. The van der Waals surface area contributed by atoms with E-state index in [4.69, 9.17) is 4.74 Å². The lowest BCUT2D eigenvalue weighted by atomic mass is 10.0. The number of carbonyl (C=O) groups is 1. The monoisotopic (exact) mass is 397 g/mol. The van der Waals surface area contributed by atoms with E-state index >= 15 is 0 Å². The Labute approximate surface area is 162 Å². The summed E-state index contributed by atoms with van der Waals surface area (Å²) in [5.41, 5.74) is -0.318. The lowest BCUT2D eigenvalue weighted by Crippen LogP contribution is -2.55. The number of amides is 1. The summed E-state index contributed by atoms with van der Waals surface area (Å²) in [4.78, 5) is 14.9. The fourth-order valence-corrected chi connectivity index (χ4v) is 4.35. The minimum Gasteiger partial charge on any atom is -0.379 e.